The molecule has 21 heavy (non-hydrogen) atoms. The van der Waals surface area contributed by atoms with Gasteiger partial charge in [0.05, 0.1) is 10.6 Å². The Kier molecular flexibility index (Phi) is 8.71. The van der Waals surface area contributed by atoms with Crippen LogP contribution < -0.4 is 15.8 Å². The molecule has 6 heteroatoms. The number of carbonyl (C=O) groups excluding carboxylic acids is 1. The van der Waals surface area contributed by atoms with Gasteiger partial charge in [-0.3, -0.25) is 4.79 Å². The van der Waals surface area contributed by atoms with E-state index in [1.54, 1.807) is 19.1 Å². The first-order chi connectivity index (χ1) is 9.48. The van der Waals surface area contributed by atoms with Crippen LogP contribution in [0.15, 0.2) is 24.3 Å². The van der Waals surface area contributed by atoms with Crippen LogP contribution in [0.4, 0.5) is 0 Å². The summed E-state index contributed by atoms with van der Waals surface area (Å²) >= 11 is 6.01. The Balaban J connectivity index is 0.00000400. The fraction of sp³-hybridized carbons (Fsp3) is 0.533. The monoisotopic (exact) mass is 334 g/mol. The van der Waals surface area contributed by atoms with Crippen LogP contribution >= 0.6 is 24.0 Å². The minimum absolute atomic E-state index is 0. The molecule has 120 valence electrons. The van der Waals surface area contributed by atoms with Crippen molar-refractivity contribution in [2.45, 2.75) is 45.3 Å². The van der Waals surface area contributed by atoms with E-state index in [2.05, 4.69) is 5.32 Å². The third-order valence-electron chi connectivity index (χ3n) is 3.64. The Bertz CT molecular complexity index is 443. The van der Waals surface area contributed by atoms with Gasteiger partial charge in [-0.1, -0.05) is 37.6 Å². The number of hydrogen-bond acceptors (Lipinski definition) is 3. The summed E-state index contributed by atoms with van der Waals surface area (Å²) in [5, 5.41) is 3.48. The molecular weight excluding hydrogens is 311 g/mol. The van der Waals surface area contributed by atoms with Gasteiger partial charge in [0.25, 0.3) is 5.91 Å². The fourth-order valence-corrected chi connectivity index (χ4v) is 2.09. The summed E-state index contributed by atoms with van der Waals surface area (Å²) in [5.41, 5.74) is 5.41. The van der Waals surface area contributed by atoms with Gasteiger partial charge >= 0.3 is 0 Å². The van der Waals surface area contributed by atoms with E-state index in [9.17, 15) is 4.79 Å². The number of carbonyl (C=O) groups is 1. The van der Waals surface area contributed by atoms with Crippen molar-refractivity contribution in [3.05, 3.63) is 29.3 Å². The number of benzene rings is 1. The number of ether oxygens (including phenoxy) is 1. The van der Waals surface area contributed by atoms with E-state index >= 15 is 0 Å². The third-order valence-corrected chi connectivity index (χ3v) is 3.95. The van der Waals surface area contributed by atoms with E-state index in [4.69, 9.17) is 22.1 Å². The highest BCUT2D eigenvalue weighted by Gasteiger charge is 2.29. The van der Waals surface area contributed by atoms with Gasteiger partial charge in [0.15, 0.2) is 6.10 Å². The van der Waals surface area contributed by atoms with Crippen LogP contribution in [0.1, 0.15) is 33.6 Å². The van der Waals surface area contributed by atoms with E-state index in [1.165, 1.54) is 0 Å². The molecule has 0 saturated heterocycles. The minimum Gasteiger partial charge on any atom is -0.479 e. The van der Waals surface area contributed by atoms with E-state index in [0.29, 0.717) is 17.3 Å². The highest BCUT2D eigenvalue weighted by molar-refractivity contribution is 6.32. The summed E-state index contributed by atoms with van der Waals surface area (Å²) < 4.78 is 5.60. The van der Waals surface area contributed by atoms with E-state index in [1.807, 2.05) is 26.0 Å². The van der Waals surface area contributed by atoms with Gasteiger partial charge in [0, 0.05) is 6.54 Å². The minimum atomic E-state index is -0.626. The Morgan fingerprint density at radius 3 is 2.43 bits per heavy atom. The number of rotatable bonds is 7. The van der Waals surface area contributed by atoms with Gasteiger partial charge in [-0.25, -0.2) is 0 Å². The number of hydrogen-bond donors (Lipinski definition) is 2. The summed E-state index contributed by atoms with van der Waals surface area (Å²) in [6, 6.07) is 7.09. The van der Waals surface area contributed by atoms with Gasteiger partial charge in [0.2, 0.25) is 0 Å². The smallest absolute Gasteiger partial charge is 0.261 e. The average molecular weight is 335 g/mol. The van der Waals surface area contributed by atoms with Crippen molar-refractivity contribution in [2.75, 3.05) is 6.54 Å². The van der Waals surface area contributed by atoms with Crippen molar-refractivity contribution in [2.24, 2.45) is 5.73 Å². The molecule has 1 aromatic carbocycles. The fourth-order valence-electron chi connectivity index (χ4n) is 1.91. The van der Waals surface area contributed by atoms with Crippen LogP contribution in [0, 0.1) is 0 Å². The predicted molar refractivity (Wildman–Crippen MR) is 89.3 cm³/mol. The first-order valence-electron chi connectivity index (χ1n) is 6.91. The van der Waals surface area contributed by atoms with Crippen LogP contribution in [0.25, 0.3) is 0 Å². The molecule has 0 aliphatic rings. The van der Waals surface area contributed by atoms with Crippen LogP contribution in [-0.2, 0) is 4.79 Å². The lowest BCUT2D eigenvalue weighted by molar-refractivity contribution is -0.129. The lowest BCUT2D eigenvalue weighted by atomic mass is 9.92. The molecule has 0 saturated carbocycles. The highest BCUT2D eigenvalue weighted by Crippen LogP contribution is 2.24. The molecule has 0 radical (unpaired) electrons. The maximum Gasteiger partial charge on any atom is 0.261 e. The van der Waals surface area contributed by atoms with Crippen LogP contribution in [0.2, 0.25) is 5.02 Å². The zero-order valence-corrected chi connectivity index (χ0v) is 14.3. The third kappa shape index (κ3) is 5.38. The lowest BCUT2D eigenvalue weighted by Crippen LogP contribution is -2.55. The summed E-state index contributed by atoms with van der Waals surface area (Å²) in [5.74, 6) is 0.322. The molecule has 0 heterocycles. The first-order valence-corrected chi connectivity index (χ1v) is 7.29. The second kappa shape index (κ2) is 9.13. The van der Waals surface area contributed by atoms with Gasteiger partial charge in [-0.05, 0) is 31.9 Å². The Labute approximate surface area is 137 Å². The van der Waals surface area contributed by atoms with Gasteiger partial charge in [0.1, 0.15) is 5.75 Å². The SMILES string of the molecule is CCC(CC)(CN)NC(=O)C(C)Oc1ccccc1Cl.Cl. The van der Waals surface area contributed by atoms with Gasteiger partial charge in [-0.15, -0.1) is 12.4 Å². The van der Waals surface area contributed by atoms with Gasteiger partial charge < -0.3 is 15.8 Å². The molecular formula is C15H24Cl2N2O2. The van der Waals surface area contributed by atoms with Crippen LogP contribution in [0.3, 0.4) is 0 Å². The molecule has 0 aliphatic heterocycles. The quantitative estimate of drug-likeness (QED) is 0.804. The molecule has 1 aromatic rings. The summed E-state index contributed by atoms with van der Waals surface area (Å²) in [7, 11) is 0. The Morgan fingerprint density at radius 2 is 1.95 bits per heavy atom. The van der Waals surface area contributed by atoms with Gasteiger partial charge in [-0.2, -0.15) is 0 Å². The number of para-hydroxylation sites is 1. The van der Waals surface area contributed by atoms with Crippen molar-refractivity contribution in [1.29, 1.82) is 0 Å². The van der Waals surface area contributed by atoms with Crippen molar-refractivity contribution in [3.8, 4) is 5.75 Å². The summed E-state index contributed by atoms with van der Waals surface area (Å²) in [4.78, 5) is 12.2. The van der Waals surface area contributed by atoms with Crippen LogP contribution in [-0.4, -0.2) is 24.1 Å². The molecule has 0 aromatic heterocycles. The van der Waals surface area contributed by atoms with E-state index < -0.39 is 6.10 Å². The zero-order valence-electron chi connectivity index (χ0n) is 12.7. The van der Waals surface area contributed by atoms with Crippen molar-refractivity contribution < 1.29 is 9.53 Å². The second-order valence-electron chi connectivity index (χ2n) is 4.87. The van der Waals surface area contributed by atoms with Crippen molar-refractivity contribution in [1.82, 2.24) is 5.32 Å². The number of amides is 1. The summed E-state index contributed by atoms with van der Waals surface area (Å²) in [6.45, 7) is 6.13. The largest absolute Gasteiger partial charge is 0.479 e. The maximum absolute atomic E-state index is 12.2. The predicted octanol–water partition coefficient (Wildman–Crippen LogP) is 3.16. The molecule has 1 amide bonds. The normalized spacial score (nSPS) is 12.2. The molecule has 3 N–H and O–H groups in total. The molecule has 0 spiro atoms. The number of nitrogens with two attached hydrogens (primary N) is 1. The molecule has 1 unspecified atom stereocenters. The first kappa shape index (κ1) is 20.0. The van der Waals surface area contributed by atoms with Crippen LogP contribution in [0.5, 0.6) is 5.75 Å². The van der Waals surface area contributed by atoms with E-state index in [-0.39, 0.29) is 23.9 Å². The maximum atomic E-state index is 12.2. The highest BCUT2D eigenvalue weighted by atomic mass is 35.5. The Morgan fingerprint density at radius 1 is 1.38 bits per heavy atom. The standard InChI is InChI=1S/C15H23ClN2O2.ClH/c1-4-15(5-2,10-17)18-14(19)11(3)20-13-9-7-6-8-12(13)16;/h6-9,11H,4-5,10,17H2,1-3H3,(H,18,19);1H. The molecule has 1 atom stereocenters. The number of halogens is 2. The topological polar surface area (TPSA) is 64.3 Å². The Hall–Kier alpha value is -0.970. The molecule has 4 nitrogen and oxygen atoms in total. The second-order valence-corrected chi connectivity index (χ2v) is 5.28. The average Bonchev–Trinajstić information content (AvgIpc) is 2.47. The molecule has 0 fully saturated rings. The molecule has 1 rings (SSSR count). The summed E-state index contributed by atoms with van der Waals surface area (Å²) in [6.07, 6.45) is 0.939. The molecule has 0 aliphatic carbocycles. The lowest BCUT2D eigenvalue weighted by Gasteiger charge is -2.32. The van der Waals surface area contributed by atoms with Crippen molar-refractivity contribution >= 4 is 29.9 Å². The molecule has 0 bridgehead atoms. The zero-order chi connectivity index (χ0) is 15.2. The van der Waals surface area contributed by atoms with E-state index in [0.717, 1.165) is 12.8 Å². The number of nitrogens with one attached hydrogen (secondary N) is 1. The van der Waals surface area contributed by atoms with Crippen molar-refractivity contribution in [3.63, 3.8) is 0 Å².